The van der Waals surface area contributed by atoms with Gasteiger partial charge < -0.3 is 13.9 Å². The summed E-state index contributed by atoms with van der Waals surface area (Å²) in [7, 11) is 0. The minimum absolute atomic E-state index is 0.891. The Labute approximate surface area is 318 Å². The Bertz CT molecular complexity index is 3140. The van der Waals surface area contributed by atoms with Crippen LogP contribution in [0.25, 0.3) is 82.5 Å². The summed E-state index contributed by atoms with van der Waals surface area (Å²) >= 11 is 0. The largest absolute Gasteiger partial charge is 0.455 e. The molecule has 0 spiro atoms. The smallest absolute Gasteiger partial charge is 0.145 e. The highest BCUT2D eigenvalue weighted by Gasteiger charge is 2.21. The zero-order valence-electron chi connectivity index (χ0n) is 29.9. The zero-order chi connectivity index (χ0) is 36.3. The van der Waals surface area contributed by atoms with Crippen LogP contribution in [0.5, 0.6) is 0 Å². The van der Waals surface area contributed by atoms with E-state index in [1.54, 1.807) is 0 Å². The molecule has 0 fully saturated rings. The van der Waals surface area contributed by atoms with Gasteiger partial charge in [0.1, 0.15) is 11.2 Å². The van der Waals surface area contributed by atoms with Crippen molar-refractivity contribution in [2.45, 2.75) is 0 Å². The number of rotatable bonds is 6. The number of aromatic nitrogens is 1. The van der Waals surface area contributed by atoms with Gasteiger partial charge in [0.25, 0.3) is 0 Å². The number of nitrogens with zero attached hydrogens (tertiary/aromatic N) is 2. The fourth-order valence-corrected chi connectivity index (χ4v) is 8.41. The van der Waals surface area contributed by atoms with Gasteiger partial charge in [0.15, 0.2) is 0 Å². The van der Waals surface area contributed by atoms with Crippen molar-refractivity contribution in [2.24, 2.45) is 0 Å². The normalized spacial score (nSPS) is 11.6. The van der Waals surface area contributed by atoms with E-state index in [1.807, 2.05) is 6.07 Å². The van der Waals surface area contributed by atoms with E-state index in [0.29, 0.717) is 0 Å². The summed E-state index contributed by atoms with van der Waals surface area (Å²) in [6.07, 6.45) is 0. The summed E-state index contributed by atoms with van der Waals surface area (Å²) in [4.78, 5) is 2.38. The predicted molar refractivity (Wildman–Crippen MR) is 231 cm³/mol. The molecule has 11 aromatic rings. The van der Waals surface area contributed by atoms with E-state index in [-0.39, 0.29) is 0 Å². The Balaban J connectivity index is 1.10. The van der Waals surface area contributed by atoms with Crippen LogP contribution in [0.15, 0.2) is 211 Å². The first-order valence-electron chi connectivity index (χ1n) is 18.8. The van der Waals surface area contributed by atoms with Crippen molar-refractivity contribution in [1.82, 2.24) is 4.57 Å². The molecule has 0 saturated carbocycles. The molecule has 0 bridgehead atoms. The minimum atomic E-state index is 0.891. The van der Waals surface area contributed by atoms with Crippen LogP contribution in [0, 0.1) is 0 Å². The monoisotopic (exact) mass is 702 g/mol. The SMILES string of the molecule is c1ccc(-c2ccc(-c3ccc(N(c4cccc(-n5c6ccccc6c6ccccc65)c4)c4cccc5ccc6c7ccccc7oc6c45)cc3)cc2)cc1. The van der Waals surface area contributed by atoms with Crippen LogP contribution in [0.1, 0.15) is 0 Å². The van der Waals surface area contributed by atoms with Crippen LogP contribution < -0.4 is 4.90 Å². The van der Waals surface area contributed by atoms with E-state index in [4.69, 9.17) is 4.42 Å². The van der Waals surface area contributed by atoms with Gasteiger partial charge in [-0.05, 0) is 88.3 Å². The Morgan fingerprint density at radius 1 is 0.382 bits per heavy atom. The third kappa shape index (κ3) is 5.13. The summed E-state index contributed by atoms with van der Waals surface area (Å²) in [5.74, 6) is 0. The van der Waals surface area contributed by atoms with Gasteiger partial charge in [-0.2, -0.15) is 0 Å². The quantitative estimate of drug-likeness (QED) is 0.172. The highest BCUT2D eigenvalue weighted by molar-refractivity contribution is 6.19. The minimum Gasteiger partial charge on any atom is -0.455 e. The fraction of sp³-hybridized carbons (Fsp3) is 0. The molecule has 0 radical (unpaired) electrons. The van der Waals surface area contributed by atoms with Gasteiger partial charge in [-0.1, -0.05) is 146 Å². The number of para-hydroxylation sites is 3. The van der Waals surface area contributed by atoms with Gasteiger partial charge in [-0.25, -0.2) is 0 Å². The molecule has 0 atom stereocenters. The highest BCUT2D eigenvalue weighted by Crippen LogP contribution is 2.45. The van der Waals surface area contributed by atoms with Crippen molar-refractivity contribution in [3.05, 3.63) is 206 Å². The van der Waals surface area contributed by atoms with Crippen molar-refractivity contribution in [3.63, 3.8) is 0 Å². The van der Waals surface area contributed by atoms with Crippen molar-refractivity contribution < 1.29 is 4.42 Å². The van der Waals surface area contributed by atoms with Crippen molar-refractivity contribution in [3.8, 4) is 27.9 Å². The standard InChI is InChI=1S/C52H34N2O/c1-2-12-35(13-3-1)36-24-26-37(27-25-36)38-28-31-40(32-29-38)53(49-22-10-14-39-30-33-46-45-19-6-9-23-50(45)55-52(46)51(39)49)41-15-11-16-42(34-41)54-47-20-7-4-17-43(47)44-18-5-8-21-48(44)54/h1-34H. The summed E-state index contributed by atoms with van der Waals surface area (Å²) in [5.41, 5.74) is 13.2. The molecule has 2 aromatic heterocycles. The molecule has 11 rings (SSSR count). The van der Waals surface area contributed by atoms with Crippen molar-refractivity contribution >= 4 is 71.6 Å². The maximum Gasteiger partial charge on any atom is 0.145 e. The van der Waals surface area contributed by atoms with Gasteiger partial charge in [0, 0.05) is 44.0 Å². The topological polar surface area (TPSA) is 21.3 Å². The second-order valence-electron chi connectivity index (χ2n) is 14.1. The molecule has 258 valence electrons. The molecule has 0 aliphatic carbocycles. The lowest BCUT2D eigenvalue weighted by Gasteiger charge is -2.27. The number of anilines is 3. The van der Waals surface area contributed by atoms with Crippen molar-refractivity contribution in [1.29, 1.82) is 0 Å². The van der Waals surface area contributed by atoms with Crippen LogP contribution >= 0.6 is 0 Å². The van der Waals surface area contributed by atoms with E-state index in [9.17, 15) is 0 Å². The van der Waals surface area contributed by atoms with E-state index in [0.717, 1.165) is 55.5 Å². The Morgan fingerprint density at radius 2 is 0.964 bits per heavy atom. The molecule has 0 amide bonds. The molecule has 9 aromatic carbocycles. The second kappa shape index (κ2) is 12.6. The fourth-order valence-electron chi connectivity index (χ4n) is 8.41. The maximum absolute atomic E-state index is 6.70. The molecular formula is C52H34N2O. The molecule has 0 saturated heterocycles. The van der Waals surface area contributed by atoms with E-state index < -0.39 is 0 Å². The molecule has 2 heterocycles. The predicted octanol–water partition coefficient (Wildman–Crippen LogP) is 14.6. The van der Waals surface area contributed by atoms with E-state index in [2.05, 4.69) is 210 Å². The average Bonchev–Trinajstić information content (AvgIpc) is 3.81. The Hall–Kier alpha value is -7.36. The molecule has 0 N–H and O–H groups in total. The van der Waals surface area contributed by atoms with Crippen LogP contribution in [0.2, 0.25) is 0 Å². The van der Waals surface area contributed by atoms with Gasteiger partial charge in [0.2, 0.25) is 0 Å². The first-order chi connectivity index (χ1) is 27.3. The molecule has 0 aliphatic heterocycles. The lowest BCUT2D eigenvalue weighted by molar-refractivity contribution is 0.672. The number of fused-ring (bicyclic) bond motifs is 8. The number of hydrogen-bond acceptors (Lipinski definition) is 2. The molecule has 3 heteroatoms. The molecule has 0 unspecified atom stereocenters. The number of furan rings is 1. The highest BCUT2D eigenvalue weighted by atomic mass is 16.3. The van der Waals surface area contributed by atoms with E-state index in [1.165, 1.54) is 44.1 Å². The third-order valence-electron chi connectivity index (χ3n) is 11.0. The van der Waals surface area contributed by atoms with Crippen LogP contribution in [0.4, 0.5) is 17.1 Å². The molecule has 3 nitrogen and oxygen atoms in total. The summed E-state index contributed by atoms with van der Waals surface area (Å²) in [5, 5.41) is 6.94. The number of benzene rings is 9. The Kier molecular flexibility index (Phi) is 7.17. The lowest BCUT2D eigenvalue weighted by atomic mass is 9.99. The number of hydrogen-bond donors (Lipinski definition) is 0. The van der Waals surface area contributed by atoms with Crippen LogP contribution in [-0.2, 0) is 0 Å². The molecule has 55 heavy (non-hydrogen) atoms. The molecular weight excluding hydrogens is 669 g/mol. The van der Waals surface area contributed by atoms with Gasteiger partial charge >= 0.3 is 0 Å². The summed E-state index contributed by atoms with van der Waals surface area (Å²) < 4.78 is 9.08. The zero-order valence-corrected chi connectivity index (χ0v) is 29.9. The molecule has 0 aliphatic rings. The van der Waals surface area contributed by atoms with Gasteiger partial charge in [-0.3, -0.25) is 0 Å². The second-order valence-corrected chi connectivity index (χ2v) is 14.1. The van der Waals surface area contributed by atoms with Gasteiger partial charge in [0.05, 0.1) is 16.7 Å². The Morgan fingerprint density at radius 3 is 1.67 bits per heavy atom. The first-order valence-corrected chi connectivity index (χ1v) is 18.8. The van der Waals surface area contributed by atoms with Crippen molar-refractivity contribution in [2.75, 3.05) is 4.90 Å². The summed E-state index contributed by atoms with van der Waals surface area (Å²) in [6.45, 7) is 0. The third-order valence-corrected chi connectivity index (χ3v) is 11.0. The maximum atomic E-state index is 6.70. The summed E-state index contributed by atoms with van der Waals surface area (Å²) in [6, 6.07) is 73.9. The lowest BCUT2D eigenvalue weighted by Crippen LogP contribution is -2.11. The van der Waals surface area contributed by atoms with Crippen LogP contribution in [0.3, 0.4) is 0 Å². The average molecular weight is 703 g/mol. The van der Waals surface area contributed by atoms with E-state index >= 15 is 0 Å². The first kappa shape index (κ1) is 31.2. The van der Waals surface area contributed by atoms with Gasteiger partial charge in [-0.15, -0.1) is 0 Å². The van der Waals surface area contributed by atoms with Crippen LogP contribution in [-0.4, -0.2) is 4.57 Å².